The van der Waals surface area contributed by atoms with E-state index in [1.807, 2.05) is 0 Å². The molecule has 0 aliphatic heterocycles. The molecule has 0 fully saturated rings. The molecular formula is C16H26O. The van der Waals surface area contributed by atoms with Crippen LogP contribution in [0.2, 0.25) is 0 Å². The maximum Gasteiger partial charge on any atom is 0.120 e. The molecule has 0 saturated carbocycles. The Balaban J connectivity index is 2.75. The summed E-state index contributed by atoms with van der Waals surface area (Å²) in [6.07, 6.45) is 1.18. The summed E-state index contributed by atoms with van der Waals surface area (Å²) in [6.45, 7) is 13.1. The lowest BCUT2D eigenvalue weighted by Crippen LogP contribution is -2.34. The minimum absolute atomic E-state index is 0.113. The number of hydrogen-bond donors (Lipinski definition) is 0. The van der Waals surface area contributed by atoms with E-state index < -0.39 is 0 Å². The van der Waals surface area contributed by atoms with Gasteiger partial charge in [-0.25, -0.2) is 0 Å². The summed E-state index contributed by atoms with van der Waals surface area (Å²) in [5.41, 5.74) is 1.28. The zero-order valence-electron chi connectivity index (χ0n) is 12.1. The second-order valence-corrected chi connectivity index (χ2v) is 5.74. The molecular weight excluding hydrogens is 208 g/mol. The average Bonchev–Trinajstić information content (AvgIpc) is 2.28. The van der Waals surface area contributed by atoms with Gasteiger partial charge < -0.3 is 4.74 Å². The maximum atomic E-state index is 6.03. The summed E-state index contributed by atoms with van der Waals surface area (Å²) in [6, 6.07) is 8.54. The molecule has 0 N–H and O–H groups in total. The number of benzene rings is 1. The molecule has 96 valence electrons. The lowest BCUT2D eigenvalue weighted by molar-refractivity contribution is 0.0600. The first-order chi connectivity index (χ1) is 7.86. The van der Waals surface area contributed by atoms with Crippen molar-refractivity contribution in [3.05, 3.63) is 29.8 Å². The molecule has 0 aliphatic carbocycles. The standard InChI is InChI=1S/C16H26O/c1-7-13(4)14-8-10-15(11-9-14)17-16(5,6)12(2)3/h8-13H,7H2,1-6H3. The zero-order chi connectivity index (χ0) is 13.1. The smallest absolute Gasteiger partial charge is 0.120 e. The minimum atomic E-state index is -0.113. The maximum absolute atomic E-state index is 6.03. The van der Waals surface area contributed by atoms with Gasteiger partial charge in [-0.05, 0) is 49.8 Å². The molecule has 0 amide bonds. The first kappa shape index (κ1) is 14.1. The lowest BCUT2D eigenvalue weighted by Gasteiger charge is -2.30. The second kappa shape index (κ2) is 5.57. The Morgan fingerprint density at radius 1 is 1.06 bits per heavy atom. The van der Waals surface area contributed by atoms with Crippen molar-refractivity contribution in [2.24, 2.45) is 5.92 Å². The van der Waals surface area contributed by atoms with Gasteiger partial charge in [-0.3, -0.25) is 0 Å². The van der Waals surface area contributed by atoms with Gasteiger partial charge in [0.1, 0.15) is 11.4 Å². The lowest BCUT2D eigenvalue weighted by atomic mass is 9.94. The summed E-state index contributed by atoms with van der Waals surface area (Å²) in [5.74, 6) is 2.09. The second-order valence-electron chi connectivity index (χ2n) is 5.74. The molecule has 1 rings (SSSR count). The Kier molecular flexibility index (Phi) is 4.62. The van der Waals surface area contributed by atoms with Crippen molar-refractivity contribution in [1.82, 2.24) is 0 Å². The Hall–Kier alpha value is -0.980. The van der Waals surface area contributed by atoms with Crippen molar-refractivity contribution in [2.75, 3.05) is 0 Å². The van der Waals surface area contributed by atoms with Crippen molar-refractivity contribution in [3.8, 4) is 5.75 Å². The summed E-state index contributed by atoms with van der Waals surface area (Å²) < 4.78 is 6.03. The first-order valence-corrected chi connectivity index (χ1v) is 6.65. The highest BCUT2D eigenvalue weighted by atomic mass is 16.5. The van der Waals surface area contributed by atoms with Crippen molar-refractivity contribution >= 4 is 0 Å². The van der Waals surface area contributed by atoms with Crippen molar-refractivity contribution in [3.63, 3.8) is 0 Å². The third kappa shape index (κ3) is 3.76. The van der Waals surface area contributed by atoms with Crippen LogP contribution in [0.15, 0.2) is 24.3 Å². The summed E-state index contributed by atoms with van der Waals surface area (Å²) in [4.78, 5) is 0. The normalized spacial score (nSPS) is 13.8. The molecule has 1 aromatic rings. The minimum Gasteiger partial charge on any atom is -0.488 e. The van der Waals surface area contributed by atoms with E-state index >= 15 is 0 Å². The van der Waals surface area contributed by atoms with Crippen LogP contribution in [0.3, 0.4) is 0 Å². The van der Waals surface area contributed by atoms with E-state index in [0.29, 0.717) is 11.8 Å². The van der Waals surface area contributed by atoms with E-state index in [9.17, 15) is 0 Å². The van der Waals surface area contributed by atoms with Crippen LogP contribution in [0.5, 0.6) is 5.75 Å². The summed E-state index contributed by atoms with van der Waals surface area (Å²) in [7, 11) is 0. The molecule has 1 nitrogen and oxygen atoms in total. The number of rotatable bonds is 5. The Morgan fingerprint density at radius 2 is 1.59 bits per heavy atom. The van der Waals surface area contributed by atoms with Crippen molar-refractivity contribution in [2.45, 2.75) is 59.5 Å². The van der Waals surface area contributed by atoms with Gasteiger partial charge in [0.2, 0.25) is 0 Å². The van der Waals surface area contributed by atoms with Crippen LogP contribution in [-0.4, -0.2) is 5.60 Å². The largest absolute Gasteiger partial charge is 0.488 e. The van der Waals surface area contributed by atoms with Crippen LogP contribution in [0, 0.1) is 5.92 Å². The van der Waals surface area contributed by atoms with Gasteiger partial charge in [-0.15, -0.1) is 0 Å². The van der Waals surface area contributed by atoms with Crippen molar-refractivity contribution < 1.29 is 4.74 Å². The Morgan fingerprint density at radius 3 is 2.00 bits per heavy atom. The number of hydrogen-bond acceptors (Lipinski definition) is 1. The quantitative estimate of drug-likeness (QED) is 0.695. The molecule has 0 saturated heterocycles. The highest BCUT2D eigenvalue weighted by Gasteiger charge is 2.24. The van der Waals surface area contributed by atoms with E-state index in [2.05, 4.69) is 65.8 Å². The van der Waals surface area contributed by atoms with E-state index in [1.54, 1.807) is 0 Å². The van der Waals surface area contributed by atoms with Crippen LogP contribution in [0.25, 0.3) is 0 Å². The molecule has 17 heavy (non-hydrogen) atoms. The summed E-state index contributed by atoms with van der Waals surface area (Å²) in [5, 5.41) is 0. The molecule has 1 atom stereocenters. The van der Waals surface area contributed by atoms with Crippen molar-refractivity contribution in [1.29, 1.82) is 0 Å². The van der Waals surface area contributed by atoms with E-state index in [-0.39, 0.29) is 5.60 Å². The highest BCUT2D eigenvalue weighted by Crippen LogP contribution is 2.26. The SMILES string of the molecule is CCC(C)c1ccc(OC(C)(C)C(C)C)cc1. The molecule has 0 radical (unpaired) electrons. The predicted molar refractivity (Wildman–Crippen MR) is 74.7 cm³/mol. The van der Waals surface area contributed by atoms with Crippen LogP contribution in [0.1, 0.15) is 59.4 Å². The predicted octanol–water partition coefficient (Wildman–Crippen LogP) is 5.01. The van der Waals surface area contributed by atoms with Crippen LogP contribution in [-0.2, 0) is 0 Å². The van der Waals surface area contributed by atoms with Crippen LogP contribution < -0.4 is 4.74 Å². The topological polar surface area (TPSA) is 9.23 Å². The van der Waals surface area contributed by atoms with E-state index in [1.165, 1.54) is 12.0 Å². The van der Waals surface area contributed by atoms with Gasteiger partial charge in [-0.2, -0.15) is 0 Å². The van der Waals surface area contributed by atoms with E-state index in [0.717, 1.165) is 5.75 Å². The fourth-order valence-electron chi connectivity index (χ4n) is 1.52. The molecule has 1 aromatic carbocycles. The fraction of sp³-hybridized carbons (Fsp3) is 0.625. The fourth-order valence-corrected chi connectivity index (χ4v) is 1.52. The van der Waals surface area contributed by atoms with Gasteiger partial charge >= 0.3 is 0 Å². The van der Waals surface area contributed by atoms with Gasteiger partial charge in [0.25, 0.3) is 0 Å². The monoisotopic (exact) mass is 234 g/mol. The Labute approximate surface area is 106 Å². The summed E-state index contributed by atoms with van der Waals surface area (Å²) >= 11 is 0. The van der Waals surface area contributed by atoms with Crippen LogP contribution in [0.4, 0.5) is 0 Å². The Bertz CT molecular complexity index is 335. The molecule has 0 bridgehead atoms. The molecule has 1 heteroatoms. The first-order valence-electron chi connectivity index (χ1n) is 6.65. The molecule has 0 aliphatic rings. The third-order valence-corrected chi connectivity index (χ3v) is 3.83. The molecule has 0 spiro atoms. The van der Waals surface area contributed by atoms with Gasteiger partial charge in [0.15, 0.2) is 0 Å². The van der Waals surface area contributed by atoms with E-state index in [4.69, 9.17) is 4.74 Å². The molecule has 0 aromatic heterocycles. The average molecular weight is 234 g/mol. The number of ether oxygens (including phenoxy) is 1. The molecule has 0 heterocycles. The highest BCUT2D eigenvalue weighted by molar-refractivity contribution is 5.29. The van der Waals surface area contributed by atoms with Gasteiger partial charge in [0, 0.05) is 0 Å². The zero-order valence-corrected chi connectivity index (χ0v) is 12.1. The third-order valence-electron chi connectivity index (χ3n) is 3.83. The molecule has 1 unspecified atom stereocenters. The van der Waals surface area contributed by atoms with Crippen LogP contribution >= 0.6 is 0 Å². The van der Waals surface area contributed by atoms with Gasteiger partial charge in [-0.1, -0.05) is 39.8 Å². The van der Waals surface area contributed by atoms with Gasteiger partial charge in [0.05, 0.1) is 0 Å².